The largest absolute Gasteiger partial charge is 0.471 e. The predicted octanol–water partition coefficient (Wildman–Crippen LogP) is 2.67. The van der Waals surface area contributed by atoms with E-state index in [2.05, 4.69) is 30.0 Å². The summed E-state index contributed by atoms with van der Waals surface area (Å²) in [6, 6.07) is 4.65. The van der Waals surface area contributed by atoms with Crippen LogP contribution in [0.3, 0.4) is 0 Å². The van der Waals surface area contributed by atoms with E-state index in [0.717, 1.165) is 29.0 Å². The SMILES string of the molecule is COC(=O)CN1C(=O)CN(c2cc(C3CC3)cn3cc(COc4cc(NC(=O)[C@H]5C[C@@H]5c5nccc(C)n5)nc(C)n4)nc23)C1=O. The van der Waals surface area contributed by atoms with Gasteiger partial charge in [-0.2, -0.15) is 4.98 Å². The maximum absolute atomic E-state index is 13.2. The summed E-state index contributed by atoms with van der Waals surface area (Å²) in [6.07, 6.45) is 8.20. The van der Waals surface area contributed by atoms with Crippen LogP contribution in [-0.4, -0.2) is 78.2 Å². The molecule has 1 aliphatic heterocycles. The molecule has 0 radical (unpaired) electrons. The Labute approximate surface area is 263 Å². The second-order valence-electron chi connectivity index (χ2n) is 11.7. The van der Waals surface area contributed by atoms with E-state index in [1.165, 1.54) is 12.0 Å². The molecule has 2 atom stereocenters. The minimum atomic E-state index is -0.683. The van der Waals surface area contributed by atoms with E-state index in [1.54, 1.807) is 25.4 Å². The van der Waals surface area contributed by atoms with Gasteiger partial charge in [-0.15, -0.1) is 0 Å². The molecule has 2 saturated carbocycles. The Bertz CT molecular complexity index is 1900. The molecule has 7 rings (SSSR count). The summed E-state index contributed by atoms with van der Waals surface area (Å²) in [5.41, 5.74) is 3.37. The molecular formula is C31H31N9O6. The number of pyridine rings is 1. The molecule has 0 unspecified atom stereocenters. The van der Waals surface area contributed by atoms with Gasteiger partial charge in [0.1, 0.15) is 37.2 Å². The van der Waals surface area contributed by atoms with Gasteiger partial charge in [0.2, 0.25) is 11.8 Å². The highest BCUT2D eigenvalue weighted by Crippen LogP contribution is 2.46. The number of nitrogens with one attached hydrogen (secondary N) is 1. The first-order chi connectivity index (χ1) is 22.2. The van der Waals surface area contributed by atoms with Crippen molar-refractivity contribution in [1.82, 2.24) is 34.2 Å². The minimum Gasteiger partial charge on any atom is -0.471 e. The van der Waals surface area contributed by atoms with Crippen molar-refractivity contribution in [2.24, 2.45) is 5.92 Å². The predicted molar refractivity (Wildman–Crippen MR) is 161 cm³/mol. The van der Waals surface area contributed by atoms with Crippen molar-refractivity contribution >= 4 is 41.0 Å². The van der Waals surface area contributed by atoms with Crippen LogP contribution in [0.15, 0.2) is 36.8 Å². The third-order valence-corrected chi connectivity index (χ3v) is 8.22. The molecule has 3 fully saturated rings. The highest BCUT2D eigenvalue weighted by molar-refractivity contribution is 6.14. The Morgan fingerprint density at radius 3 is 2.65 bits per heavy atom. The number of urea groups is 1. The molecule has 2 aliphatic carbocycles. The molecule has 0 aromatic carbocycles. The average molecular weight is 626 g/mol. The summed E-state index contributed by atoms with van der Waals surface area (Å²) >= 11 is 0. The van der Waals surface area contributed by atoms with Crippen LogP contribution in [0.4, 0.5) is 16.3 Å². The van der Waals surface area contributed by atoms with Gasteiger partial charge in [0, 0.05) is 42.2 Å². The van der Waals surface area contributed by atoms with Crippen LogP contribution in [-0.2, 0) is 25.7 Å². The molecule has 4 aromatic heterocycles. The van der Waals surface area contributed by atoms with Gasteiger partial charge in [0.15, 0.2) is 5.65 Å². The monoisotopic (exact) mass is 625 g/mol. The number of ether oxygens (including phenoxy) is 2. The number of rotatable bonds is 10. The number of carbonyl (C=O) groups is 4. The van der Waals surface area contributed by atoms with Gasteiger partial charge < -0.3 is 19.2 Å². The number of fused-ring (bicyclic) bond motifs is 1. The van der Waals surface area contributed by atoms with E-state index in [4.69, 9.17) is 9.72 Å². The highest BCUT2D eigenvalue weighted by atomic mass is 16.5. The topological polar surface area (TPSA) is 174 Å². The molecule has 46 heavy (non-hydrogen) atoms. The Morgan fingerprint density at radius 2 is 1.89 bits per heavy atom. The minimum absolute atomic E-state index is 0.0242. The summed E-state index contributed by atoms with van der Waals surface area (Å²) in [5.74, 6) is 0.416. The van der Waals surface area contributed by atoms with Crippen LogP contribution in [0, 0.1) is 19.8 Å². The first-order valence-electron chi connectivity index (χ1n) is 15.0. The van der Waals surface area contributed by atoms with E-state index >= 15 is 0 Å². The number of imidazole rings is 1. The van der Waals surface area contributed by atoms with Gasteiger partial charge in [-0.1, -0.05) is 0 Å². The molecule has 1 N–H and O–H groups in total. The zero-order valence-corrected chi connectivity index (χ0v) is 25.5. The van der Waals surface area contributed by atoms with Gasteiger partial charge in [-0.3, -0.25) is 24.2 Å². The van der Waals surface area contributed by atoms with Crippen molar-refractivity contribution in [3.8, 4) is 5.88 Å². The molecule has 4 amide bonds. The standard InChI is InChI=1S/C31H31N9O6/c1-16-6-7-32-28(33-16)21-9-22(21)30(43)37-24-10-25(35-17(2)34-24)46-15-20-12-38-11-19(18-4-5-18)8-23(29(38)36-20)39-13-26(41)40(31(39)44)14-27(42)45-3/h6-8,10-12,18,21-22H,4-5,9,13-15H2,1-3H3,(H,34,35,37,43)/t21-,22-/m0/s1. The lowest BCUT2D eigenvalue weighted by atomic mass is 10.1. The number of hydrogen-bond donors (Lipinski definition) is 1. The molecule has 3 aliphatic rings. The first kappa shape index (κ1) is 29.3. The number of methoxy groups -OCH3 is 1. The molecule has 0 spiro atoms. The molecule has 15 nitrogen and oxygen atoms in total. The summed E-state index contributed by atoms with van der Waals surface area (Å²) in [5, 5.41) is 2.86. The van der Waals surface area contributed by atoms with E-state index in [9.17, 15) is 19.2 Å². The second-order valence-corrected chi connectivity index (χ2v) is 11.7. The number of hydrogen-bond acceptors (Lipinski definition) is 11. The van der Waals surface area contributed by atoms with Gasteiger partial charge in [-0.25, -0.2) is 24.7 Å². The molecule has 5 heterocycles. The van der Waals surface area contributed by atoms with Gasteiger partial charge >= 0.3 is 12.0 Å². The van der Waals surface area contributed by atoms with Gasteiger partial charge in [0.05, 0.1) is 18.5 Å². The number of aromatic nitrogens is 6. The maximum atomic E-state index is 13.2. The zero-order chi connectivity index (χ0) is 32.1. The van der Waals surface area contributed by atoms with E-state index in [-0.39, 0.29) is 36.8 Å². The fraction of sp³-hybridized carbons (Fsp3) is 0.387. The van der Waals surface area contributed by atoms with Crippen molar-refractivity contribution in [2.75, 3.05) is 30.4 Å². The molecular weight excluding hydrogens is 594 g/mol. The maximum Gasteiger partial charge on any atom is 0.332 e. The van der Waals surface area contributed by atoms with Crippen LogP contribution in [0.25, 0.3) is 5.65 Å². The number of imide groups is 1. The Balaban J connectivity index is 1.07. The normalized spacial score (nSPS) is 19.1. The molecule has 236 valence electrons. The summed E-state index contributed by atoms with van der Waals surface area (Å²) in [4.78, 5) is 75.0. The van der Waals surface area contributed by atoms with Crippen molar-refractivity contribution in [2.45, 2.75) is 51.6 Å². The molecule has 0 bridgehead atoms. The third kappa shape index (κ3) is 5.82. The van der Waals surface area contributed by atoms with Crippen LogP contribution >= 0.6 is 0 Å². The first-order valence-corrected chi connectivity index (χ1v) is 15.0. The van der Waals surface area contributed by atoms with Crippen molar-refractivity contribution in [3.05, 3.63) is 65.4 Å². The fourth-order valence-corrected chi connectivity index (χ4v) is 5.60. The van der Waals surface area contributed by atoms with Crippen LogP contribution < -0.4 is 15.0 Å². The van der Waals surface area contributed by atoms with Gasteiger partial charge in [-0.05, 0) is 56.7 Å². The van der Waals surface area contributed by atoms with E-state index in [0.29, 0.717) is 46.8 Å². The Morgan fingerprint density at radius 1 is 1.07 bits per heavy atom. The molecule has 1 saturated heterocycles. The molecule has 15 heteroatoms. The van der Waals surface area contributed by atoms with Crippen LogP contribution in [0.5, 0.6) is 5.88 Å². The quantitative estimate of drug-likeness (QED) is 0.203. The highest BCUT2D eigenvalue weighted by Gasteiger charge is 2.46. The Kier molecular flexibility index (Phi) is 7.29. The average Bonchev–Trinajstić information content (AvgIpc) is 3.96. The van der Waals surface area contributed by atoms with Crippen LogP contribution in [0.1, 0.15) is 59.7 Å². The third-order valence-electron chi connectivity index (χ3n) is 8.22. The number of nitrogens with zero attached hydrogens (tertiary/aromatic N) is 8. The lowest BCUT2D eigenvalue weighted by Gasteiger charge is -2.18. The summed E-state index contributed by atoms with van der Waals surface area (Å²) in [6.45, 7) is 2.97. The smallest absolute Gasteiger partial charge is 0.332 e. The summed E-state index contributed by atoms with van der Waals surface area (Å²) in [7, 11) is 1.20. The van der Waals surface area contributed by atoms with Crippen molar-refractivity contribution < 1.29 is 28.7 Å². The van der Waals surface area contributed by atoms with Crippen molar-refractivity contribution in [3.63, 3.8) is 0 Å². The number of carbonyl (C=O) groups excluding carboxylic acids is 4. The number of aryl methyl sites for hydroxylation is 2. The lowest BCUT2D eigenvalue weighted by molar-refractivity contribution is -0.144. The Hall–Kier alpha value is -5.47. The number of anilines is 2. The zero-order valence-electron chi connectivity index (χ0n) is 25.5. The lowest BCUT2D eigenvalue weighted by Crippen LogP contribution is -2.37. The van der Waals surface area contributed by atoms with E-state index < -0.39 is 24.5 Å². The van der Waals surface area contributed by atoms with Crippen LogP contribution in [0.2, 0.25) is 0 Å². The molecule has 4 aromatic rings. The van der Waals surface area contributed by atoms with Gasteiger partial charge in [0.25, 0.3) is 5.91 Å². The second kappa shape index (κ2) is 11.5. The summed E-state index contributed by atoms with van der Waals surface area (Å²) < 4.78 is 12.4. The van der Waals surface area contributed by atoms with E-state index in [1.807, 2.05) is 29.7 Å². The van der Waals surface area contributed by atoms with Crippen molar-refractivity contribution in [1.29, 1.82) is 0 Å². The number of amides is 4. The fourth-order valence-electron chi connectivity index (χ4n) is 5.60. The number of esters is 1.